The first kappa shape index (κ1) is 22.6. The van der Waals surface area contributed by atoms with Gasteiger partial charge in [0, 0.05) is 21.7 Å². The highest BCUT2D eigenvalue weighted by Crippen LogP contribution is 2.58. The number of carbonyl (C=O) groups is 4. The molecule has 2 aliphatic heterocycles. The second-order valence-corrected chi connectivity index (χ2v) is 9.65. The largest absolute Gasteiger partial charge is 0.496 e. The molecule has 3 atom stereocenters. The van der Waals surface area contributed by atoms with E-state index in [0.717, 1.165) is 10.5 Å². The van der Waals surface area contributed by atoms with Gasteiger partial charge in [0.25, 0.3) is 0 Å². The Balaban J connectivity index is 1.57. The number of amides is 2. The molecule has 3 aliphatic rings. The van der Waals surface area contributed by atoms with Gasteiger partial charge in [-0.2, -0.15) is 0 Å². The summed E-state index contributed by atoms with van der Waals surface area (Å²) in [7, 11) is 1.46. The first-order valence-corrected chi connectivity index (χ1v) is 11.8. The Morgan fingerprint density at radius 3 is 2.14 bits per heavy atom. The molecule has 2 fully saturated rings. The number of halogens is 1. The van der Waals surface area contributed by atoms with E-state index in [1.165, 1.54) is 19.2 Å². The lowest BCUT2D eigenvalue weighted by Gasteiger charge is -2.27. The second kappa shape index (κ2) is 7.85. The topological polar surface area (TPSA) is 90.0 Å². The summed E-state index contributed by atoms with van der Waals surface area (Å²) in [5.41, 5.74) is -0.0925. The van der Waals surface area contributed by atoms with E-state index < -0.39 is 46.9 Å². The number of hydrogen-bond acceptors (Lipinski definition) is 6. The van der Waals surface area contributed by atoms with Gasteiger partial charge in [0.05, 0.1) is 24.6 Å². The normalized spacial score (nSPS) is 24.0. The van der Waals surface area contributed by atoms with Crippen LogP contribution in [0.5, 0.6) is 5.75 Å². The number of hydrogen-bond donors (Lipinski definition) is 0. The van der Waals surface area contributed by atoms with Crippen molar-refractivity contribution in [2.75, 3.05) is 12.0 Å². The maximum Gasteiger partial charge on any atom is 0.241 e. The van der Waals surface area contributed by atoms with Crippen LogP contribution in [0.25, 0.3) is 0 Å². The van der Waals surface area contributed by atoms with Crippen molar-refractivity contribution < 1.29 is 28.7 Å². The van der Waals surface area contributed by atoms with Crippen LogP contribution in [0.1, 0.15) is 37.9 Å². The Kier molecular flexibility index (Phi) is 4.94. The van der Waals surface area contributed by atoms with Crippen molar-refractivity contribution in [1.82, 2.24) is 0 Å². The third-order valence-corrected chi connectivity index (χ3v) is 7.54. The van der Waals surface area contributed by atoms with Gasteiger partial charge in [-0.25, -0.2) is 4.90 Å². The van der Waals surface area contributed by atoms with Gasteiger partial charge < -0.3 is 9.47 Å². The SMILES string of the molecule is COc1ccc(Cl)cc1[C@@H]1OC2(C(=O)c3ccccc3C2=O)[C@H]2C(=O)N(c3ccc(C)cc3)C(=O)[C@H]12. The lowest BCUT2D eigenvalue weighted by atomic mass is 9.77. The summed E-state index contributed by atoms with van der Waals surface area (Å²) in [6.07, 6.45) is -1.11. The summed E-state index contributed by atoms with van der Waals surface area (Å²) < 4.78 is 11.8. The number of imide groups is 1. The van der Waals surface area contributed by atoms with Crippen LogP contribution in [0.2, 0.25) is 5.02 Å². The number of methoxy groups -OCH3 is 1. The van der Waals surface area contributed by atoms with E-state index in [1.54, 1.807) is 54.6 Å². The number of nitrogens with zero attached hydrogens (tertiary/aromatic N) is 1. The van der Waals surface area contributed by atoms with E-state index in [0.29, 0.717) is 22.0 Å². The van der Waals surface area contributed by atoms with E-state index in [4.69, 9.17) is 21.1 Å². The van der Waals surface area contributed by atoms with Crippen molar-refractivity contribution in [1.29, 1.82) is 0 Å². The fraction of sp³-hybridized carbons (Fsp3) is 0.214. The average Bonchev–Trinajstić information content (AvgIpc) is 3.45. The van der Waals surface area contributed by atoms with Crippen LogP contribution in [0.4, 0.5) is 5.69 Å². The molecule has 1 aliphatic carbocycles. The highest BCUT2D eigenvalue weighted by molar-refractivity contribution is 6.37. The van der Waals surface area contributed by atoms with E-state index in [1.807, 2.05) is 6.92 Å². The average molecular weight is 502 g/mol. The Morgan fingerprint density at radius 2 is 1.53 bits per heavy atom. The minimum absolute atomic E-state index is 0.175. The summed E-state index contributed by atoms with van der Waals surface area (Å²) >= 11 is 6.27. The number of aryl methyl sites for hydroxylation is 1. The highest BCUT2D eigenvalue weighted by Gasteiger charge is 2.75. The third kappa shape index (κ3) is 2.84. The molecule has 36 heavy (non-hydrogen) atoms. The molecule has 8 heteroatoms. The minimum atomic E-state index is -2.15. The van der Waals surface area contributed by atoms with Crippen LogP contribution >= 0.6 is 11.6 Å². The zero-order chi connectivity index (χ0) is 25.4. The molecule has 3 aromatic rings. The zero-order valence-corrected chi connectivity index (χ0v) is 20.1. The predicted molar refractivity (Wildman–Crippen MR) is 130 cm³/mol. The lowest BCUT2D eigenvalue weighted by molar-refractivity contribution is -0.127. The summed E-state index contributed by atoms with van der Waals surface area (Å²) in [4.78, 5) is 56.6. The number of rotatable bonds is 3. The predicted octanol–water partition coefficient (Wildman–Crippen LogP) is 4.35. The maximum atomic E-state index is 13.9. The van der Waals surface area contributed by atoms with Crippen LogP contribution in [-0.2, 0) is 14.3 Å². The minimum Gasteiger partial charge on any atom is -0.496 e. The number of fused-ring (bicyclic) bond motifs is 3. The van der Waals surface area contributed by atoms with Gasteiger partial charge in [-0.3, -0.25) is 19.2 Å². The molecule has 0 unspecified atom stereocenters. The molecule has 0 N–H and O–H groups in total. The Morgan fingerprint density at radius 1 is 0.889 bits per heavy atom. The molecule has 2 heterocycles. The Labute approximate surface area is 211 Å². The third-order valence-electron chi connectivity index (χ3n) is 7.31. The van der Waals surface area contributed by atoms with Crippen molar-refractivity contribution in [2.45, 2.75) is 18.6 Å². The molecule has 2 amide bonds. The van der Waals surface area contributed by atoms with Gasteiger partial charge in [0.15, 0.2) is 0 Å². The summed E-state index contributed by atoms with van der Waals surface area (Å²) in [5, 5.41) is 0.353. The number of Topliss-reactive ketones (excluding diaryl/α,β-unsaturated/α-hetero) is 2. The van der Waals surface area contributed by atoms with Crippen LogP contribution < -0.4 is 9.64 Å². The molecule has 7 nitrogen and oxygen atoms in total. The number of anilines is 1. The molecule has 180 valence electrons. The molecular formula is C28H20ClNO6. The standard InChI is InChI=1S/C28H20ClNO6/c1-14-7-10-16(11-8-14)30-26(33)21-22(27(30)34)28(24(31)17-5-3-4-6-18(17)25(28)32)36-23(21)19-13-15(29)9-12-20(19)35-2/h3-13,21-23H,1-2H3/t21-,22+,23-/m0/s1. The quantitative estimate of drug-likeness (QED) is 0.391. The smallest absolute Gasteiger partial charge is 0.241 e. The summed E-state index contributed by atoms with van der Waals surface area (Å²) in [6, 6.07) is 18.1. The van der Waals surface area contributed by atoms with Crippen molar-refractivity contribution >= 4 is 40.7 Å². The molecule has 2 saturated heterocycles. The van der Waals surface area contributed by atoms with Gasteiger partial charge in [-0.15, -0.1) is 0 Å². The van der Waals surface area contributed by atoms with Crippen molar-refractivity contribution in [3.8, 4) is 5.75 Å². The zero-order valence-electron chi connectivity index (χ0n) is 19.4. The second-order valence-electron chi connectivity index (χ2n) is 9.22. The molecule has 3 aromatic carbocycles. The van der Waals surface area contributed by atoms with Gasteiger partial charge in [0.1, 0.15) is 11.9 Å². The number of ketones is 2. The van der Waals surface area contributed by atoms with Crippen LogP contribution in [0, 0.1) is 18.8 Å². The molecular weight excluding hydrogens is 482 g/mol. The molecule has 0 bridgehead atoms. The van der Waals surface area contributed by atoms with Crippen molar-refractivity contribution in [3.63, 3.8) is 0 Å². The van der Waals surface area contributed by atoms with Crippen LogP contribution in [0.15, 0.2) is 66.7 Å². The first-order chi connectivity index (χ1) is 17.3. The Hall–Kier alpha value is -3.81. The van der Waals surface area contributed by atoms with E-state index >= 15 is 0 Å². The van der Waals surface area contributed by atoms with Gasteiger partial charge in [-0.05, 0) is 37.3 Å². The first-order valence-electron chi connectivity index (χ1n) is 11.4. The van der Waals surface area contributed by atoms with Crippen molar-refractivity contribution in [2.24, 2.45) is 11.8 Å². The van der Waals surface area contributed by atoms with E-state index in [2.05, 4.69) is 0 Å². The molecule has 0 radical (unpaired) electrons. The molecule has 0 aromatic heterocycles. The fourth-order valence-corrected chi connectivity index (χ4v) is 5.86. The monoisotopic (exact) mass is 501 g/mol. The maximum absolute atomic E-state index is 13.9. The van der Waals surface area contributed by atoms with Gasteiger partial charge in [-0.1, -0.05) is 53.6 Å². The van der Waals surface area contributed by atoms with Crippen LogP contribution in [-0.4, -0.2) is 36.1 Å². The van der Waals surface area contributed by atoms with E-state index in [9.17, 15) is 19.2 Å². The molecule has 6 rings (SSSR count). The van der Waals surface area contributed by atoms with Gasteiger partial charge >= 0.3 is 0 Å². The van der Waals surface area contributed by atoms with Crippen LogP contribution in [0.3, 0.4) is 0 Å². The number of carbonyl (C=O) groups excluding carboxylic acids is 4. The molecule has 0 saturated carbocycles. The van der Waals surface area contributed by atoms with Crippen molar-refractivity contribution in [3.05, 3.63) is 94.0 Å². The molecule has 1 spiro atoms. The summed E-state index contributed by atoms with van der Waals surface area (Å²) in [5.74, 6) is -4.53. The Bertz CT molecular complexity index is 1440. The fourth-order valence-electron chi connectivity index (χ4n) is 5.68. The highest BCUT2D eigenvalue weighted by atomic mass is 35.5. The number of ether oxygens (including phenoxy) is 2. The number of benzene rings is 3. The van der Waals surface area contributed by atoms with E-state index in [-0.39, 0.29) is 11.1 Å². The lowest BCUT2D eigenvalue weighted by Crippen LogP contribution is -2.51. The van der Waals surface area contributed by atoms with Gasteiger partial charge in [0.2, 0.25) is 29.0 Å². The summed E-state index contributed by atoms with van der Waals surface area (Å²) in [6.45, 7) is 1.89.